The highest BCUT2D eigenvalue weighted by molar-refractivity contribution is 7.99. The third kappa shape index (κ3) is 2.92. The van der Waals surface area contributed by atoms with Gasteiger partial charge in [-0.25, -0.2) is 0 Å². The molecule has 6 nitrogen and oxygen atoms in total. The van der Waals surface area contributed by atoms with Gasteiger partial charge < -0.3 is 9.80 Å². The smallest absolute Gasteiger partial charge is 0.232 e. The van der Waals surface area contributed by atoms with Gasteiger partial charge in [0.2, 0.25) is 11.8 Å². The van der Waals surface area contributed by atoms with Gasteiger partial charge in [0, 0.05) is 32.3 Å². The number of carbonyl (C=O) groups is 2. The van der Waals surface area contributed by atoms with Crippen molar-refractivity contribution in [1.82, 2.24) is 19.6 Å². The van der Waals surface area contributed by atoms with Crippen molar-refractivity contribution in [3.8, 4) is 0 Å². The Labute approximate surface area is 128 Å². The van der Waals surface area contributed by atoms with Gasteiger partial charge >= 0.3 is 0 Å². The van der Waals surface area contributed by atoms with Crippen LogP contribution in [0.25, 0.3) is 0 Å². The molecule has 0 N–H and O–H groups in total. The van der Waals surface area contributed by atoms with E-state index >= 15 is 0 Å². The fraction of sp³-hybridized carbons (Fsp3) is 0.643. The summed E-state index contributed by atoms with van der Waals surface area (Å²) in [6, 6.07) is 2.02. The predicted molar refractivity (Wildman–Crippen MR) is 80.9 cm³/mol. The standard InChI is InChI=1S/C14H20N4O2S/c1-21-10-14(20)17-7-11-4-5-15-18(11)12(9-17)8-16-6-2-3-13(16)19/h4-5,12H,2-3,6-10H2,1H3. The molecule has 1 saturated heterocycles. The highest BCUT2D eigenvalue weighted by Gasteiger charge is 2.31. The molecule has 0 saturated carbocycles. The fourth-order valence-corrected chi connectivity index (χ4v) is 3.51. The Morgan fingerprint density at radius 2 is 2.38 bits per heavy atom. The van der Waals surface area contributed by atoms with Gasteiger partial charge in [0.05, 0.1) is 24.0 Å². The van der Waals surface area contributed by atoms with Gasteiger partial charge in [-0.05, 0) is 18.7 Å². The maximum atomic E-state index is 12.2. The molecule has 1 aromatic heterocycles. The van der Waals surface area contributed by atoms with Crippen molar-refractivity contribution in [2.45, 2.75) is 25.4 Å². The summed E-state index contributed by atoms with van der Waals surface area (Å²) in [5.41, 5.74) is 1.05. The van der Waals surface area contributed by atoms with Crippen molar-refractivity contribution in [1.29, 1.82) is 0 Å². The third-order valence-corrected chi connectivity index (χ3v) is 4.64. The molecule has 0 bridgehead atoms. The summed E-state index contributed by atoms with van der Waals surface area (Å²) in [7, 11) is 0. The fourth-order valence-electron chi connectivity index (χ4n) is 3.08. The summed E-state index contributed by atoms with van der Waals surface area (Å²) < 4.78 is 1.98. The van der Waals surface area contributed by atoms with Crippen LogP contribution in [0, 0.1) is 0 Å². The molecule has 1 unspecified atom stereocenters. The minimum Gasteiger partial charge on any atom is -0.340 e. The maximum Gasteiger partial charge on any atom is 0.232 e. The van der Waals surface area contributed by atoms with Crippen molar-refractivity contribution in [2.75, 3.05) is 31.6 Å². The third-order valence-electron chi connectivity index (χ3n) is 4.11. The molecule has 2 aliphatic heterocycles. The summed E-state index contributed by atoms with van der Waals surface area (Å²) in [5, 5.41) is 4.38. The van der Waals surface area contributed by atoms with Gasteiger partial charge in [0.1, 0.15) is 0 Å². The molecular formula is C14H20N4O2S. The first-order valence-electron chi connectivity index (χ1n) is 7.26. The largest absolute Gasteiger partial charge is 0.340 e. The number of carbonyl (C=O) groups excluding carboxylic acids is 2. The van der Waals surface area contributed by atoms with E-state index in [0.717, 1.165) is 18.7 Å². The van der Waals surface area contributed by atoms with Crippen LogP contribution in [0.2, 0.25) is 0 Å². The molecule has 3 heterocycles. The van der Waals surface area contributed by atoms with Gasteiger partial charge in [-0.2, -0.15) is 16.9 Å². The van der Waals surface area contributed by atoms with Crippen molar-refractivity contribution in [2.24, 2.45) is 0 Å². The van der Waals surface area contributed by atoms with Crippen LogP contribution in [0.5, 0.6) is 0 Å². The first-order chi connectivity index (χ1) is 10.2. The van der Waals surface area contributed by atoms with Gasteiger partial charge in [0.15, 0.2) is 0 Å². The van der Waals surface area contributed by atoms with E-state index in [1.54, 1.807) is 18.0 Å². The summed E-state index contributed by atoms with van der Waals surface area (Å²) in [5.74, 6) is 0.882. The Balaban J connectivity index is 1.76. The van der Waals surface area contributed by atoms with E-state index in [2.05, 4.69) is 5.10 Å². The highest BCUT2D eigenvalue weighted by Crippen LogP contribution is 2.23. The van der Waals surface area contributed by atoms with E-state index in [1.807, 2.05) is 26.8 Å². The number of nitrogens with zero attached hydrogens (tertiary/aromatic N) is 4. The number of aromatic nitrogens is 2. The predicted octanol–water partition coefficient (Wildman–Crippen LogP) is 0.752. The maximum absolute atomic E-state index is 12.2. The van der Waals surface area contributed by atoms with Gasteiger partial charge in [0.25, 0.3) is 0 Å². The van der Waals surface area contributed by atoms with Gasteiger partial charge in [-0.15, -0.1) is 0 Å². The van der Waals surface area contributed by atoms with Gasteiger partial charge in [-0.1, -0.05) is 0 Å². The molecule has 1 aromatic rings. The average molecular weight is 308 g/mol. The first-order valence-corrected chi connectivity index (χ1v) is 8.65. The monoisotopic (exact) mass is 308 g/mol. The normalized spacial score (nSPS) is 21.8. The minimum absolute atomic E-state index is 0.0663. The highest BCUT2D eigenvalue weighted by atomic mass is 32.2. The molecule has 1 atom stereocenters. The van der Waals surface area contributed by atoms with E-state index in [-0.39, 0.29) is 17.9 Å². The van der Waals surface area contributed by atoms with Crippen LogP contribution >= 0.6 is 11.8 Å². The van der Waals surface area contributed by atoms with Crippen LogP contribution in [-0.4, -0.2) is 63.0 Å². The molecule has 2 aliphatic rings. The number of rotatable bonds is 4. The molecule has 7 heteroatoms. The van der Waals surface area contributed by atoms with Gasteiger partial charge in [-0.3, -0.25) is 14.3 Å². The first kappa shape index (κ1) is 14.4. The SMILES string of the molecule is CSCC(=O)N1Cc2ccnn2C(CN2CCCC2=O)C1. The Morgan fingerprint density at radius 3 is 3.10 bits per heavy atom. The number of hydrogen-bond donors (Lipinski definition) is 0. The van der Waals surface area contributed by atoms with E-state index in [1.165, 1.54) is 0 Å². The second-order valence-electron chi connectivity index (χ2n) is 5.57. The second-order valence-corrected chi connectivity index (χ2v) is 6.44. The second kappa shape index (κ2) is 6.09. The van der Waals surface area contributed by atoms with Crippen molar-refractivity contribution < 1.29 is 9.59 Å². The summed E-state index contributed by atoms with van der Waals surface area (Å²) in [6.07, 6.45) is 5.30. The molecule has 0 aromatic carbocycles. The number of fused-ring (bicyclic) bond motifs is 1. The zero-order valence-electron chi connectivity index (χ0n) is 12.2. The Bertz CT molecular complexity index is 545. The minimum atomic E-state index is 0.0663. The van der Waals surface area contributed by atoms with Crippen LogP contribution in [0.3, 0.4) is 0 Å². The molecule has 2 amide bonds. The van der Waals surface area contributed by atoms with Crippen LogP contribution < -0.4 is 0 Å². The lowest BCUT2D eigenvalue weighted by Crippen LogP contribution is -2.46. The topological polar surface area (TPSA) is 58.4 Å². The Morgan fingerprint density at radius 1 is 1.52 bits per heavy atom. The van der Waals surface area contributed by atoms with E-state index in [4.69, 9.17) is 0 Å². The van der Waals surface area contributed by atoms with E-state index in [9.17, 15) is 9.59 Å². The summed E-state index contributed by atoms with van der Waals surface area (Å²) >= 11 is 1.54. The lowest BCUT2D eigenvalue weighted by atomic mass is 10.1. The van der Waals surface area contributed by atoms with E-state index < -0.39 is 0 Å². The van der Waals surface area contributed by atoms with Crippen LogP contribution in [0.4, 0.5) is 0 Å². The lowest BCUT2D eigenvalue weighted by molar-refractivity contribution is -0.131. The molecule has 0 spiro atoms. The van der Waals surface area contributed by atoms with Crippen molar-refractivity contribution in [3.05, 3.63) is 18.0 Å². The molecule has 0 radical (unpaired) electrons. The quantitative estimate of drug-likeness (QED) is 0.824. The number of amides is 2. The lowest BCUT2D eigenvalue weighted by Gasteiger charge is -2.35. The Kier molecular flexibility index (Phi) is 4.19. The van der Waals surface area contributed by atoms with Crippen molar-refractivity contribution in [3.63, 3.8) is 0 Å². The summed E-state index contributed by atoms with van der Waals surface area (Å²) in [6.45, 7) is 2.73. The zero-order chi connectivity index (χ0) is 14.8. The molecule has 0 aliphatic carbocycles. The zero-order valence-corrected chi connectivity index (χ0v) is 13.0. The van der Waals surface area contributed by atoms with Crippen LogP contribution in [-0.2, 0) is 16.1 Å². The van der Waals surface area contributed by atoms with Crippen molar-refractivity contribution >= 4 is 23.6 Å². The number of likely N-dealkylation sites (tertiary alicyclic amines) is 1. The average Bonchev–Trinajstić information content (AvgIpc) is 3.08. The molecule has 21 heavy (non-hydrogen) atoms. The molecule has 1 fully saturated rings. The number of hydrogen-bond acceptors (Lipinski definition) is 4. The molecule has 3 rings (SSSR count). The van der Waals surface area contributed by atoms with E-state index in [0.29, 0.717) is 31.8 Å². The van der Waals surface area contributed by atoms with Crippen LogP contribution in [0.1, 0.15) is 24.6 Å². The number of thioether (sulfide) groups is 1. The molecular weight excluding hydrogens is 288 g/mol. The van der Waals surface area contributed by atoms with Crippen LogP contribution in [0.15, 0.2) is 12.3 Å². The summed E-state index contributed by atoms with van der Waals surface area (Å²) in [4.78, 5) is 27.8. The Hall–Kier alpha value is -1.50. The molecule has 114 valence electrons.